The molecule has 32 heteroatoms. The average Bonchev–Trinajstić information content (AvgIpc) is 4.29. The molecule has 5 nitrogen and oxygen atoms in total. The number of benzene rings is 7. The van der Waals surface area contributed by atoms with Crippen LogP contribution in [0.4, 0.5) is 0 Å². The van der Waals surface area contributed by atoms with Gasteiger partial charge in [0, 0.05) is 64.4 Å². The topological polar surface area (TPSA) is 56.7 Å². The fourth-order valence-electron chi connectivity index (χ4n) is 10.2. The molecular formula is C45B26N4OS. The summed E-state index contributed by atoms with van der Waals surface area (Å²) in [7, 11) is 173. The van der Waals surface area contributed by atoms with E-state index in [2.05, 4.69) is 4.98 Å². The summed E-state index contributed by atoms with van der Waals surface area (Å²) in [6.07, 6.45) is 0. The predicted octanol–water partition coefficient (Wildman–Crippen LogP) is -19.1. The number of furan rings is 1. The van der Waals surface area contributed by atoms with Crippen LogP contribution in [0.3, 0.4) is 0 Å². The monoisotopic (exact) mass is 930 g/mol. The van der Waals surface area contributed by atoms with Crippen molar-refractivity contribution >= 4 is 421 Å². The van der Waals surface area contributed by atoms with E-state index in [0.29, 0.717) is 25.6 Å². The van der Waals surface area contributed by atoms with Crippen LogP contribution < -0.4 is 142 Å². The maximum atomic E-state index is 7.24. The lowest BCUT2D eigenvalue weighted by molar-refractivity contribution is 0.674. The molecule has 11 aromatic rings. The minimum atomic E-state index is -0.291. The fraction of sp³-hybridized carbons (Fsp3) is 0. The molecule has 0 aliphatic rings. The van der Waals surface area contributed by atoms with Crippen molar-refractivity contribution in [1.82, 2.24) is 19.5 Å². The van der Waals surface area contributed by atoms with Crippen LogP contribution in [0.1, 0.15) is 0 Å². The molecule has 0 spiro atoms. The quantitative estimate of drug-likeness (QED) is 0.165. The van der Waals surface area contributed by atoms with Gasteiger partial charge in [0.15, 0.2) is 17.5 Å². The van der Waals surface area contributed by atoms with Crippen LogP contribution in [-0.4, -0.2) is 224 Å². The number of nitrogens with zero attached hydrogens (tertiary/aromatic N) is 4. The predicted molar refractivity (Wildman–Crippen MR) is 351 cm³/mol. The molecule has 0 atom stereocenters. The molecule has 7 aromatic carbocycles. The van der Waals surface area contributed by atoms with Crippen molar-refractivity contribution in [2.24, 2.45) is 0 Å². The first-order chi connectivity index (χ1) is 36.1. The molecule has 0 N–H and O–H groups in total. The van der Waals surface area contributed by atoms with Crippen molar-refractivity contribution in [3.63, 3.8) is 0 Å². The van der Waals surface area contributed by atoms with Gasteiger partial charge in [0.05, 0.1) is 0 Å². The third-order valence-corrected chi connectivity index (χ3v) is 15.6. The maximum Gasteiger partial charge on any atom is 0.163 e. The zero-order valence-electron chi connectivity index (χ0n) is 40.1. The van der Waals surface area contributed by atoms with Crippen LogP contribution in [0, 0.1) is 0 Å². The van der Waals surface area contributed by atoms with Gasteiger partial charge in [0.25, 0.3) is 0 Å². The summed E-state index contributed by atoms with van der Waals surface area (Å²) in [6.45, 7) is 0. The number of thiophene rings is 1. The first-order valence-corrected chi connectivity index (χ1v) is 23.2. The number of aromatic nitrogens is 4. The van der Waals surface area contributed by atoms with Crippen LogP contribution in [0.5, 0.6) is 0 Å². The highest BCUT2D eigenvalue weighted by atomic mass is 32.1. The molecule has 52 radical (unpaired) electrons. The van der Waals surface area contributed by atoms with Crippen molar-refractivity contribution in [3.8, 4) is 39.9 Å². The van der Waals surface area contributed by atoms with Crippen LogP contribution in [0.2, 0.25) is 0 Å². The van der Waals surface area contributed by atoms with E-state index < -0.39 is 0 Å². The van der Waals surface area contributed by atoms with Gasteiger partial charge in [0.1, 0.15) is 215 Å². The van der Waals surface area contributed by atoms with Gasteiger partial charge in [-0.05, 0) is 21.7 Å². The largest absolute Gasteiger partial charge is 0.457 e. The molecule has 0 bridgehead atoms. The molecule has 0 unspecified atom stereocenters. The number of rotatable bonds is 4. The Balaban J connectivity index is 1.26. The van der Waals surface area contributed by atoms with Gasteiger partial charge >= 0.3 is 0 Å². The molecular weight excluding hydrogens is 926 g/mol. The molecule has 11 rings (SSSR count). The van der Waals surface area contributed by atoms with E-state index in [9.17, 15) is 0 Å². The number of fused-ring (bicyclic) bond motifs is 10. The molecule has 0 aliphatic carbocycles. The Bertz CT molecular complexity index is 4520. The summed E-state index contributed by atoms with van der Waals surface area (Å²) < 4.78 is 9.05. The van der Waals surface area contributed by atoms with E-state index in [1.165, 1.54) is 15.9 Å². The first-order valence-electron chi connectivity index (χ1n) is 22.3. The SMILES string of the molecule is [B]c1c([B])c([B])c(-c2nc(-c3c([B])c([B])c([B])c([B])c3[B])nc(-c3c([B])c([B])c4c(oc5c([B])c(-n6c7c([B])c([B])c([B])c([B])c7c7c8sc9c([B])c([B])c([B])c([B])c9c8c([B])c([B])c76)c([B])c([B])c54)c3[B])n2)c([B])c1[B]. The third kappa shape index (κ3) is 7.06. The second kappa shape index (κ2) is 18.3. The van der Waals surface area contributed by atoms with Crippen LogP contribution >= 0.6 is 11.3 Å². The fourth-order valence-corrected chi connectivity index (χ4v) is 11.6. The van der Waals surface area contributed by atoms with Gasteiger partial charge in [-0.15, -0.1) is 66.0 Å². The van der Waals surface area contributed by atoms with Crippen LogP contribution in [-0.2, 0) is 0 Å². The summed E-state index contributed by atoms with van der Waals surface area (Å²) in [5, 5.41) is 1.55. The molecule has 4 heterocycles. The van der Waals surface area contributed by atoms with Crippen molar-refractivity contribution < 1.29 is 4.42 Å². The normalized spacial score (nSPS) is 11.9. The highest BCUT2D eigenvalue weighted by Crippen LogP contribution is 2.40. The zero-order chi connectivity index (χ0) is 56.1. The van der Waals surface area contributed by atoms with Gasteiger partial charge in [0.2, 0.25) is 0 Å². The lowest BCUT2D eigenvalue weighted by atomic mass is 9.60. The van der Waals surface area contributed by atoms with Gasteiger partial charge in [-0.3, -0.25) is 0 Å². The maximum absolute atomic E-state index is 7.24. The summed E-state index contributed by atoms with van der Waals surface area (Å²) >= 11 is 1.18. The Kier molecular flexibility index (Phi) is 12.8. The van der Waals surface area contributed by atoms with E-state index in [1.807, 2.05) is 0 Å². The molecule has 0 saturated carbocycles. The lowest BCUT2D eigenvalue weighted by Gasteiger charge is -2.23. The molecule has 290 valence electrons. The van der Waals surface area contributed by atoms with Gasteiger partial charge in [-0.2, -0.15) is 0 Å². The summed E-state index contributed by atoms with van der Waals surface area (Å²) in [4.78, 5) is 14.0. The van der Waals surface area contributed by atoms with E-state index in [0.717, 1.165) is 0 Å². The molecule has 0 saturated heterocycles. The van der Waals surface area contributed by atoms with Gasteiger partial charge in [-0.1, -0.05) is 76.5 Å². The van der Waals surface area contributed by atoms with Crippen molar-refractivity contribution in [2.45, 2.75) is 0 Å². The van der Waals surface area contributed by atoms with E-state index in [4.69, 9.17) is 218 Å². The Morgan fingerprint density at radius 3 is 1.03 bits per heavy atom. The first kappa shape index (κ1) is 54.0. The average molecular weight is 926 g/mol. The highest BCUT2D eigenvalue weighted by molar-refractivity contribution is 7.28. The number of hydrogen-bond acceptors (Lipinski definition) is 5. The molecule has 4 aromatic heterocycles. The van der Waals surface area contributed by atoms with Crippen molar-refractivity contribution in [3.05, 3.63) is 0 Å². The minimum absolute atomic E-state index is 0.00360. The lowest BCUT2D eigenvalue weighted by Crippen LogP contribution is -2.55. The summed E-state index contributed by atoms with van der Waals surface area (Å²) in [5.74, 6) is -0.818. The Morgan fingerprint density at radius 1 is 0.247 bits per heavy atom. The van der Waals surface area contributed by atoms with Crippen LogP contribution in [0.15, 0.2) is 4.42 Å². The van der Waals surface area contributed by atoms with Crippen molar-refractivity contribution in [1.29, 1.82) is 0 Å². The smallest absolute Gasteiger partial charge is 0.163 e. The molecule has 0 aliphatic heterocycles. The summed E-state index contributed by atoms with van der Waals surface area (Å²) in [6, 6.07) is 0. The number of hydrogen-bond donors (Lipinski definition) is 0. The van der Waals surface area contributed by atoms with Crippen LogP contribution in [0.25, 0.3) is 104 Å². The van der Waals surface area contributed by atoms with E-state index in [-0.39, 0.29) is 220 Å². The summed E-state index contributed by atoms with van der Waals surface area (Å²) in [5.41, 5.74) is -2.53. The van der Waals surface area contributed by atoms with E-state index in [1.54, 1.807) is 0 Å². The molecule has 0 amide bonds. The molecule has 0 fully saturated rings. The molecule has 77 heavy (non-hydrogen) atoms. The standard InChI is InChI=1S/C45B26N4OS/c46-10-1-6-37(31(67)14(50)4-5-13(49)22(58)30(66)34(70)42(5)77-41(4)6)75(36(1)33(69)29(65)21(10)57)38-32(68)12(48)3-2-11(47)15(51)9(20(56)39(2)76-40(3)35(38)71)45-73-43(7-16(52)23(59)27(63)24(60)17(7)53)72-44(74-45)8-18(54)25(61)28(64)26(62)19(8)55. The van der Waals surface area contributed by atoms with E-state index >= 15 is 0 Å². The second-order valence-electron chi connectivity index (χ2n) is 18.3. The highest BCUT2D eigenvalue weighted by Gasteiger charge is 2.31. The Hall–Kier alpha value is -4.94. The zero-order valence-corrected chi connectivity index (χ0v) is 40.9. The van der Waals surface area contributed by atoms with Crippen molar-refractivity contribution in [2.75, 3.05) is 0 Å². The Labute approximate surface area is 481 Å². The minimum Gasteiger partial charge on any atom is -0.457 e. The second-order valence-corrected chi connectivity index (χ2v) is 19.4. The van der Waals surface area contributed by atoms with Gasteiger partial charge < -0.3 is 8.98 Å². The Morgan fingerprint density at radius 2 is 0.545 bits per heavy atom. The van der Waals surface area contributed by atoms with Gasteiger partial charge in [-0.25, -0.2) is 15.0 Å². The third-order valence-electron chi connectivity index (χ3n) is 14.4.